The number of aliphatic hydroxyl groups excluding tert-OH is 4. The van der Waals surface area contributed by atoms with Crippen LogP contribution in [0, 0.1) is 0 Å². The van der Waals surface area contributed by atoms with Gasteiger partial charge in [0.2, 0.25) is 0 Å². The molecule has 0 aromatic carbocycles. The summed E-state index contributed by atoms with van der Waals surface area (Å²) in [5.74, 6) is 0. The van der Waals surface area contributed by atoms with E-state index in [0.29, 0.717) is 0 Å². The van der Waals surface area contributed by atoms with Gasteiger partial charge in [-0.1, -0.05) is 0 Å². The van der Waals surface area contributed by atoms with Gasteiger partial charge in [0, 0.05) is 0 Å². The third kappa shape index (κ3) is 2.86. The molecule has 6 heteroatoms. The van der Waals surface area contributed by atoms with E-state index in [2.05, 4.69) is 0 Å². The minimum Gasteiger partial charge on any atom is -1.00 e. The standard InChI is InChI=1S/C4H12O4P.FH/c5-1-9(2-6,3-7)4-8;/h5-8H,1-4H2;1H/q+1;/p-1. The van der Waals surface area contributed by atoms with Crippen molar-refractivity contribution in [3.8, 4) is 0 Å². The maximum Gasteiger partial charge on any atom is 0.161 e. The zero-order chi connectivity index (χ0) is 7.33. The summed E-state index contributed by atoms with van der Waals surface area (Å²) in [6.45, 7) is 0. The highest BCUT2D eigenvalue weighted by atomic mass is 31.2. The number of aliphatic hydroxyl groups is 4. The van der Waals surface area contributed by atoms with Crippen molar-refractivity contribution in [2.45, 2.75) is 0 Å². The Morgan fingerprint density at radius 3 is 0.900 bits per heavy atom. The van der Waals surface area contributed by atoms with Crippen molar-refractivity contribution in [2.24, 2.45) is 0 Å². The maximum absolute atomic E-state index is 8.55. The average molecular weight is 174 g/mol. The van der Waals surface area contributed by atoms with E-state index in [0.717, 1.165) is 0 Å². The van der Waals surface area contributed by atoms with Gasteiger partial charge in [-0.05, 0) is 0 Å². The first kappa shape index (κ1) is 12.8. The first-order chi connectivity index (χ1) is 4.24. The highest BCUT2D eigenvalue weighted by Crippen LogP contribution is 2.54. The molecule has 0 atom stereocenters. The van der Waals surface area contributed by atoms with E-state index in [1.807, 2.05) is 0 Å². The van der Waals surface area contributed by atoms with Gasteiger partial charge in [0.15, 0.2) is 25.4 Å². The monoisotopic (exact) mass is 174 g/mol. The summed E-state index contributed by atoms with van der Waals surface area (Å²) in [6, 6.07) is 0. The molecule has 0 rings (SSSR count). The van der Waals surface area contributed by atoms with E-state index >= 15 is 0 Å². The lowest BCUT2D eigenvalue weighted by Gasteiger charge is -2.15. The molecule has 0 radical (unpaired) electrons. The summed E-state index contributed by atoms with van der Waals surface area (Å²) in [4.78, 5) is 0. The molecular weight excluding hydrogens is 162 g/mol. The normalized spacial score (nSPS) is 10.8. The molecule has 0 aliphatic rings. The fourth-order valence-electron chi connectivity index (χ4n) is 0.268. The largest absolute Gasteiger partial charge is 1.00 e. The van der Waals surface area contributed by atoms with Crippen molar-refractivity contribution in [2.75, 3.05) is 25.4 Å². The zero-order valence-corrected chi connectivity index (χ0v) is 6.34. The highest BCUT2D eigenvalue weighted by Gasteiger charge is 2.34. The molecule has 0 aromatic heterocycles. The predicted molar refractivity (Wildman–Crippen MR) is 35.3 cm³/mol. The summed E-state index contributed by atoms with van der Waals surface area (Å²) in [5, 5.41) is 34.2. The Balaban J connectivity index is 0. The van der Waals surface area contributed by atoms with Crippen LogP contribution in [0.15, 0.2) is 0 Å². The summed E-state index contributed by atoms with van der Waals surface area (Å²) in [6.07, 6.45) is -1.18. The quantitative estimate of drug-likeness (QED) is 0.326. The third-order valence-electron chi connectivity index (χ3n) is 1.20. The van der Waals surface area contributed by atoms with Crippen LogP contribution in [-0.4, -0.2) is 45.8 Å². The fraction of sp³-hybridized carbons (Fsp3) is 1.00. The molecule has 0 amide bonds. The lowest BCUT2D eigenvalue weighted by atomic mass is 11.6. The zero-order valence-electron chi connectivity index (χ0n) is 5.44. The molecule has 0 spiro atoms. The molecule has 0 saturated heterocycles. The molecule has 0 unspecified atom stereocenters. The van der Waals surface area contributed by atoms with Crippen LogP contribution in [0.5, 0.6) is 0 Å². The second kappa shape index (κ2) is 5.95. The van der Waals surface area contributed by atoms with Crippen LogP contribution in [0.4, 0.5) is 0 Å². The first-order valence-corrected chi connectivity index (χ1v) is 5.06. The number of hydrogen-bond donors (Lipinski definition) is 4. The molecule has 4 N–H and O–H groups in total. The topological polar surface area (TPSA) is 80.9 Å². The lowest BCUT2D eigenvalue weighted by molar-refractivity contribution is -0.00000551. The molecule has 10 heavy (non-hydrogen) atoms. The second-order valence-corrected chi connectivity index (χ2v) is 5.72. The minimum atomic E-state index is -2.20. The lowest BCUT2D eigenvalue weighted by Crippen LogP contribution is -3.00. The van der Waals surface area contributed by atoms with Gasteiger partial charge in [-0.2, -0.15) is 0 Å². The maximum atomic E-state index is 8.55. The fourth-order valence-corrected chi connectivity index (χ4v) is 0.805. The first-order valence-electron chi connectivity index (χ1n) is 2.53. The van der Waals surface area contributed by atoms with Crippen LogP contribution in [0.25, 0.3) is 0 Å². The molecular formula is C4H12FO4P. The Morgan fingerprint density at radius 2 is 0.900 bits per heavy atom. The van der Waals surface area contributed by atoms with Crippen molar-refractivity contribution >= 4 is 7.26 Å². The molecule has 0 aliphatic heterocycles. The minimum absolute atomic E-state index is 0. The third-order valence-corrected chi connectivity index (χ3v) is 3.60. The van der Waals surface area contributed by atoms with E-state index in [1.54, 1.807) is 0 Å². The molecule has 64 valence electrons. The van der Waals surface area contributed by atoms with Gasteiger partial charge in [-0.15, -0.1) is 0 Å². The van der Waals surface area contributed by atoms with Gasteiger partial charge in [0.25, 0.3) is 0 Å². The van der Waals surface area contributed by atoms with Crippen molar-refractivity contribution < 1.29 is 25.1 Å². The van der Waals surface area contributed by atoms with Crippen molar-refractivity contribution in [1.29, 1.82) is 0 Å². The summed E-state index contributed by atoms with van der Waals surface area (Å²) < 4.78 is 0. The van der Waals surface area contributed by atoms with Gasteiger partial charge in [-0.3, -0.25) is 0 Å². The van der Waals surface area contributed by atoms with Crippen molar-refractivity contribution in [1.82, 2.24) is 0 Å². The molecule has 0 aromatic rings. The van der Waals surface area contributed by atoms with E-state index in [4.69, 9.17) is 20.4 Å². The van der Waals surface area contributed by atoms with E-state index in [9.17, 15) is 0 Å². The Bertz CT molecular complexity index is 60.1. The van der Waals surface area contributed by atoms with Crippen LogP contribution in [0.1, 0.15) is 0 Å². The van der Waals surface area contributed by atoms with Gasteiger partial charge in [0.1, 0.15) is 7.26 Å². The Kier molecular flexibility index (Phi) is 7.63. The van der Waals surface area contributed by atoms with Crippen LogP contribution in [0.3, 0.4) is 0 Å². The van der Waals surface area contributed by atoms with Crippen LogP contribution >= 0.6 is 7.26 Å². The van der Waals surface area contributed by atoms with E-state index in [1.165, 1.54) is 0 Å². The van der Waals surface area contributed by atoms with Crippen LogP contribution in [0.2, 0.25) is 0 Å². The molecule has 0 saturated carbocycles. The molecule has 0 aliphatic carbocycles. The Hall–Kier alpha value is 0.200. The second-order valence-electron chi connectivity index (χ2n) is 1.91. The summed E-state index contributed by atoms with van der Waals surface area (Å²) in [5.41, 5.74) is 0. The molecule has 4 nitrogen and oxygen atoms in total. The van der Waals surface area contributed by atoms with Crippen LogP contribution in [-0.2, 0) is 0 Å². The van der Waals surface area contributed by atoms with Gasteiger partial charge in [-0.25, -0.2) is 0 Å². The molecule has 0 heterocycles. The van der Waals surface area contributed by atoms with Crippen LogP contribution < -0.4 is 4.70 Å². The van der Waals surface area contributed by atoms with Gasteiger partial charge < -0.3 is 25.1 Å². The summed E-state index contributed by atoms with van der Waals surface area (Å²) in [7, 11) is -2.20. The smallest absolute Gasteiger partial charge is 0.161 e. The van der Waals surface area contributed by atoms with Crippen molar-refractivity contribution in [3.05, 3.63) is 0 Å². The number of rotatable bonds is 4. The van der Waals surface area contributed by atoms with Crippen molar-refractivity contribution in [3.63, 3.8) is 0 Å². The average Bonchev–Trinajstić information content (AvgIpc) is 1.95. The van der Waals surface area contributed by atoms with E-state index in [-0.39, 0.29) is 30.1 Å². The molecule has 0 bridgehead atoms. The SMILES string of the molecule is OC[P+](CO)(CO)CO.[F-]. The Morgan fingerprint density at radius 1 is 0.700 bits per heavy atom. The number of halogens is 1. The Labute approximate surface area is 58.8 Å². The van der Waals surface area contributed by atoms with E-state index < -0.39 is 7.26 Å². The van der Waals surface area contributed by atoms with Gasteiger partial charge >= 0.3 is 0 Å². The summed E-state index contributed by atoms with van der Waals surface area (Å²) >= 11 is 0. The van der Waals surface area contributed by atoms with Gasteiger partial charge in [0.05, 0.1) is 0 Å². The number of hydrogen-bond acceptors (Lipinski definition) is 4. The highest BCUT2D eigenvalue weighted by molar-refractivity contribution is 7.75. The predicted octanol–water partition coefficient (Wildman–Crippen LogP) is -4.19. The molecule has 0 fully saturated rings.